The lowest BCUT2D eigenvalue weighted by Crippen LogP contribution is -2.57. The number of carbonyl (C=O) groups is 1. The molecule has 0 aliphatic carbocycles. The van der Waals surface area contributed by atoms with E-state index in [0.717, 1.165) is 19.5 Å². The minimum atomic E-state index is -0.582. The summed E-state index contributed by atoms with van der Waals surface area (Å²) in [5, 5.41) is 15.9. The van der Waals surface area contributed by atoms with Crippen LogP contribution in [0.2, 0.25) is 0 Å². The molecule has 0 aromatic heterocycles. The summed E-state index contributed by atoms with van der Waals surface area (Å²) in [5.74, 6) is 0.352. The Bertz CT molecular complexity index is 279. The second kappa shape index (κ2) is 4.94. The lowest BCUT2D eigenvalue weighted by Gasteiger charge is -2.37. The number of carbonyl (C=O) groups excluding carboxylic acids is 1. The fourth-order valence-electron chi connectivity index (χ4n) is 2.18. The number of amides is 1. The van der Waals surface area contributed by atoms with Crippen molar-refractivity contribution in [3.05, 3.63) is 0 Å². The maximum atomic E-state index is 12.5. The van der Waals surface area contributed by atoms with Gasteiger partial charge in [0.05, 0.1) is 17.1 Å². The van der Waals surface area contributed by atoms with E-state index in [4.69, 9.17) is 0 Å². The number of nitrogens with one attached hydrogen (secondary N) is 2. The zero-order valence-electron chi connectivity index (χ0n) is 11.6. The van der Waals surface area contributed by atoms with Crippen molar-refractivity contribution in [2.24, 2.45) is 11.3 Å². The predicted octanol–water partition coefficient (Wildman–Crippen LogP) is 0.898. The third-order valence-corrected chi connectivity index (χ3v) is 4.23. The lowest BCUT2D eigenvalue weighted by atomic mass is 9.75. The highest BCUT2D eigenvalue weighted by Gasteiger charge is 2.45. The molecule has 1 saturated heterocycles. The summed E-state index contributed by atoms with van der Waals surface area (Å²) in [5.41, 5.74) is -0.909. The minimum absolute atomic E-state index is 0.0587. The fourth-order valence-corrected chi connectivity index (χ4v) is 2.18. The molecule has 3 N–H and O–H groups in total. The van der Waals surface area contributed by atoms with Gasteiger partial charge >= 0.3 is 0 Å². The highest BCUT2D eigenvalue weighted by atomic mass is 16.3. The van der Waals surface area contributed by atoms with Crippen LogP contribution in [0, 0.1) is 11.3 Å². The first-order chi connectivity index (χ1) is 7.72. The van der Waals surface area contributed by atoms with Crippen LogP contribution >= 0.6 is 0 Å². The number of rotatable bonds is 4. The van der Waals surface area contributed by atoms with Gasteiger partial charge in [0.1, 0.15) is 0 Å². The molecule has 1 amide bonds. The van der Waals surface area contributed by atoms with Crippen LogP contribution in [-0.2, 0) is 4.79 Å². The Labute approximate surface area is 104 Å². The molecule has 0 bridgehead atoms. The van der Waals surface area contributed by atoms with Gasteiger partial charge in [-0.3, -0.25) is 4.79 Å². The SMILES string of the molecule is CC(O)C(C)(C)NC(=O)C1(C(C)C)CCNC1. The van der Waals surface area contributed by atoms with Crippen LogP contribution in [0.15, 0.2) is 0 Å². The van der Waals surface area contributed by atoms with E-state index in [1.54, 1.807) is 6.92 Å². The highest BCUT2D eigenvalue weighted by molar-refractivity contribution is 5.84. The lowest BCUT2D eigenvalue weighted by molar-refractivity contribution is -0.135. The average Bonchev–Trinajstić information content (AvgIpc) is 2.66. The van der Waals surface area contributed by atoms with Gasteiger partial charge in [-0.2, -0.15) is 0 Å². The Morgan fingerprint density at radius 2 is 2.00 bits per heavy atom. The van der Waals surface area contributed by atoms with E-state index in [1.165, 1.54) is 0 Å². The van der Waals surface area contributed by atoms with Gasteiger partial charge in [-0.05, 0) is 39.7 Å². The van der Waals surface area contributed by atoms with E-state index in [1.807, 2.05) is 13.8 Å². The van der Waals surface area contributed by atoms with Crippen molar-refractivity contribution >= 4 is 5.91 Å². The van der Waals surface area contributed by atoms with E-state index in [9.17, 15) is 9.90 Å². The smallest absolute Gasteiger partial charge is 0.228 e. The molecule has 4 heteroatoms. The third-order valence-electron chi connectivity index (χ3n) is 4.23. The van der Waals surface area contributed by atoms with Crippen LogP contribution in [0.5, 0.6) is 0 Å². The second-order valence-electron chi connectivity index (χ2n) is 6.09. The van der Waals surface area contributed by atoms with Crippen molar-refractivity contribution in [1.82, 2.24) is 10.6 Å². The summed E-state index contributed by atoms with van der Waals surface area (Å²) in [6.07, 6.45) is 0.303. The molecule has 17 heavy (non-hydrogen) atoms. The Balaban J connectivity index is 2.81. The van der Waals surface area contributed by atoms with E-state index in [2.05, 4.69) is 24.5 Å². The molecule has 0 spiro atoms. The van der Waals surface area contributed by atoms with Gasteiger partial charge < -0.3 is 15.7 Å². The molecule has 0 aromatic carbocycles. The summed E-state index contributed by atoms with van der Waals surface area (Å²) < 4.78 is 0. The van der Waals surface area contributed by atoms with Crippen molar-refractivity contribution in [2.75, 3.05) is 13.1 Å². The number of hydrogen-bond acceptors (Lipinski definition) is 3. The molecule has 1 aliphatic heterocycles. The van der Waals surface area contributed by atoms with Gasteiger partial charge in [0.15, 0.2) is 0 Å². The topological polar surface area (TPSA) is 61.4 Å². The van der Waals surface area contributed by atoms with Crippen molar-refractivity contribution in [3.8, 4) is 0 Å². The monoisotopic (exact) mass is 242 g/mol. The van der Waals surface area contributed by atoms with Crippen LogP contribution in [0.4, 0.5) is 0 Å². The molecular formula is C13H26N2O2. The molecule has 1 heterocycles. The highest BCUT2D eigenvalue weighted by Crippen LogP contribution is 2.35. The summed E-state index contributed by atoms with van der Waals surface area (Å²) in [7, 11) is 0. The molecule has 2 unspecified atom stereocenters. The zero-order valence-corrected chi connectivity index (χ0v) is 11.6. The maximum Gasteiger partial charge on any atom is 0.228 e. The molecule has 0 saturated carbocycles. The Kier molecular flexibility index (Phi) is 4.20. The van der Waals surface area contributed by atoms with Gasteiger partial charge in [-0.25, -0.2) is 0 Å². The van der Waals surface area contributed by atoms with Crippen LogP contribution in [0.25, 0.3) is 0 Å². The molecule has 2 atom stereocenters. The molecule has 0 radical (unpaired) electrons. The van der Waals surface area contributed by atoms with Crippen LogP contribution in [-0.4, -0.2) is 35.7 Å². The molecule has 0 aromatic rings. The van der Waals surface area contributed by atoms with E-state index < -0.39 is 11.6 Å². The minimum Gasteiger partial charge on any atom is -0.391 e. The van der Waals surface area contributed by atoms with Gasteiger partial charge in [0.2, 0.25) is 5.91 Å². The van der Waals surface area contributed by atoms with Gasteiger partial charge in [0, 0.05) is 6.54 Å². The summed E-state index contributed by atoms with van der Waals surface area (Å²) in [6.45, 7) is 11.2. The van der Waals surface area contributed by atoms with Crippen LogP contribution < -0.4 is 10.6 Å². The van der Waals surface area contributed by atoms with Crippen LogP contribution in [0.1, 0.15) is 41.0 Å². The molecule has 1 aliphatic rings. The molecule has 1 rings (SSSR count). The quantitative estimate of drug-likeness (QED) is 0.686. The fraction of sp³-hybridized carbons (Fsp3) is 0.923. The summed E-state index contributed by atoms with van der Waals surface area (Å²) in [4.78, 5) is 12.5. The first-order valence-corrected chi connectivity index (χ1v) is 6.44. The molecule has 100 valence electrons. The molecular weight excluding hydrogens is 216 g/mol. The van der Waals surface area contributed by atoms with E-state index in [-0.39, 0.29) is 11.3 Å². The largest absolute Gasteiger partial charge is 0.391 e. The standard InChI is InChI=1S/C13H26N2O2/c1-9(2)13(6-7-14-8-13)11(17)15-12(4,5)10(3)16/h9-10,14,16H,6-8H2,1-5H3,(H,15,17). The van der Waals surface area contributed by atoms with Crippen molar-refractivity contribution in [2.45, 2.75) is 52.7 Å². The second-order valence-corrected chi connectivity index (χ2v) is 6.09. The first-order valence-electron chi connectivity index (χ1n) is 6.44. The Morgan fingerprint density at radius 1 is 1.41 bits per heavy atom. The number of aliphatic hydroxyl groups excluding tert-OH is 1. The predicted molar refractivity (Wildman–Crippen MR) is 68.7 cm³/mol. The van der Waals surface area contributed by atoms with Gasteiger partial charge in [-0.1, -0.05) is 13.8 Å². The maximum absolute atomic E-state index is 12.5. The first kappa shape index (κ1) is 14.5. The zero-order chi connectivity index (χ0) is 13.3. The van der Waals surface area contributed by atoms with E-state index >= 15 is 0 Å². The number of aliphatic hydroxyl groups is 1. The van der Waals surface area contributed by atoms with Gasteiger partial charge in [0.25, 0.3) is 0 Å². The van der Waals surface area contributed by atoms with Crippen molar-refractivity contribution in [1.29, 1.82) is 0 Å². The van der Waals surface area contributed by atoms with E-state index in [0.29, 0.717) is 5.92 Å². The Hall–Kier alpha value is -0.610. The summed E-state index contributed by atoms with van der Waals surface area (Å²) >= 11 is 0. The Morgan fingerprint density at radius 3 is 2.35 bits per heavy atom. The normalized spacial score (nSPS) is 27.2. The molecule has 1 fully saturated rings. The number of hydrogen-bond donors (Lipinski definition) is 3. The van der Waals surface area contributed by atoms with Gasteiger partial charge in [-0.15, -0.1) is 0 Å². The average molecular weight is 242 g/mol. The van der Waals surface area contributed by atoms with Crippen molar-refractivity contribution < 1.29 is 9.90 Å². The third kappa shape index (κ3) is 2.80. The molecule has 4 nitrogen and oxygen atoms in total. The van der Waals surface area contributed by atoms with Crippen molar-refractivity contribution in [3.63, 3.8) is 0 Å². The summed E-state index contributed by atoms with van der Waals surface area (Å²) in [6, 6.07) is 0. The van der Waals surface area contributed by atoms with Crippen LogP contribution in [0.3, 0.4) is 0 Å².